The summed E-state index contributed by atoms with van der Waals surface area (Å²) in [4.78, 5) is 0. The standard InChI is InChI=1S/C17H35N/c1-3-5-11-16(4-2)14-18-15-17-12-9-7-6-8-10-13-17/h16-18H,3-15H2,1-2H3. The molecule has 18 heavy (non-hydrogen) atoms. The van der Waals surface area contributed by atoms with E-state index in [0.717, 1.165) is 11.8 Å². The lowest BCUT2D eigenvalue weighted by molar-refractivity contribution is 0.340. The zero-order chi connectivity index (χ0) is 13.1. The summed E-state index contributed by atoms with van der Waals surface area (Å²) in [5.41, 5.74) is 0. The molecule has 0 aliphatic heterocycles. The molecule has 1 atom stereocenters. The van der Waals surface area contributed by atoms with Gasteiger partial charge in [-0.2, -0.15) is 0 Å². The van der Waals surface area contributed by atoms with E-state index in [2.05, 4.69) is 19.2 Å². The van der Waals surface area contributed by atoms with Crippen LogP contribution in [0.2, 0.25) is 0 Å². The van der Waals surface area contributed by atoms with Gasteiger partial charge in [0.2, 0.25) is 0 Å². The fraction of sp³-hybridized carbons (Fsp3) is 1.00. The van der Waals surface area contributed by atoms with Crippen LogP contribution < -0.4 is 5.32 Å². The number of hydrogen-bond acceptors (Lipinski definition) is 1. The van der Waals surface area contributed by atoms with Crippen molar-refractivity contribution in [2.45, 2.75) is 84.5 Å². The Morgan fingerprint density at radius 3 is 2.28 bits per heavy atom. The molecule has 1 N–H and O–H groups in total. The van der Waals surface area contributed by atoms with Crippen molar-refractivity contribution >= 4 is 0 Å². The van der Waals surface area contributed by atoms with E-state index in [0.29, 0.717) is 0 Å². The van der Waals surface area contributed by atoms with E-state index in [1.54, 1.807) is 0 Å². The van der Waals surface area contributed by atoms with Gasteiger partial charge in [0.25, 0.3) is 0 Å². The normalized spacial score (nSPS) is 20.3. The molecular weight excluding hydrogens is 218 g/mol. The maximum absolute atomic E-state index is 3.76. The van der Waals surface area contributed by atoms with Crippen molar-refractivity contribution in [2.75, 3.05) is 13.1 Å². The van der Waals surface area contributed by atoms with Crippen LogP contribution in [0.4, 0.5) is 0 Å². The van der Waals surface area contributed by atoms with Gasteiger partial charge in [-0.05, 0) is 44.2 Å². The summed E-state index contributed by atoms with van der Waals surface area (Å²) in [6.45, 7) is 7.18. The Hall–Kier alpha value is -0.0400. The Morgan fingerprint density at radius 2 is 1.67 bits per heavy atom. The van der Waals surface area contributed by atoms with Crippen LogP contribution in [-0.4, -0.2) is 13.1 Å². The second-order valence-corrected chi connectivity index (χ2v) is 6.29. The summed E-state index contributed by atoms with van der Waals surface area (Å²) in [6, 6.07) is 0. The van der Waals surface area contributed by atoms with Crippen LogP contribution in [0, 0.1) is 11.8 Å². The van der Waals surface area contributed by atoms with Crippen LogP contribution in [0.1, 0.15) is 84.5 Å². The van der Waals surface area contributed by atoms with Crippen LogP contribution >= 0.6 is 0 Å². The third-order valence-corrected chi connectivity index (χ3v) is 4.63. The molecule has 1 aliphatic rings. The van der Waals surface area contributed by atoms with E-state index < -0.39 is 0 Å². The SMILES string of the molecule is CCCCC(CC)CNCC1CCCCCCC1. The van der Waals surface area contributed by atoms with E-state index in [4.69, 9.17) is 0 Å². The second kappa shape index (κ2) is 10.8. The first-order chi connectivity index (χ1) is 8.86. The predicted molar refractivity (Wildman–Crippen MR) is 82.0 cm³/mol. The Balaban J connectivity index is 2.09. The second-order valence-electron chi connectivity index (χ2n) is 6.29. The maximum Gasteiger partial charge on any atom is -0.00204 e. The molecule has 108 valence electrons. The minimum atomic E-state index is 0.915. The van der Waals surface area contributed by atoms with Crippen molar-refractivity contribution < 1.29 is 0 Å². The maximum atomic E-state index is 3.76. The zero-order valence-corrected chi connectivity index (χ0v) is 12.8. The van der Waals surface area contributed by atoms with Gasteiger partial charge in [0, 0.05) is 0 Å². The molecule has 1 unspecified atom stereocenters. The smallest absolute Gasteiger partial charge is 0.00204 e. The van der Waals surface area contributed by atoms with E-state index in [-0.39, 0.29) is 0 Å². The van der Waals surface area contributed by atoms with Gasteiger partial charge in [-0.3, -0.25) is 0 Å². The lowest BCUT2D eigenvalue weighted by atomic mass is 9.91. The topological polar surface area (TPSA) is 12.0 Å². The van der Waals surface area contributed by atoms with Crippen molar-refractivity contribution in [1.82, 2.24) is 5.32 Å². The van der Waals surface area contributed by atoms with Gasteiger partial charge in [0.1, 0.15) is 0 Å². The molecule has 0 amide bonds. The lowest BCUT2D eigenvalue weighted by Crippen LogP contribution is -2.28. The minimum Gasteiger partial charge on any atom is -0.316 e. The number of unbranched alkanes of at least 4 members (excludes halogenated alkanes) is 1. The van der Waals surface area contributed by atoms with E-state index in [1.165, 1.54) is 83.7 Å². The molecule has 1 heteroatoms. The Bertz CT molecular complexity index is 170. The first-order valence-corrected chi connectivity index (χ1v) is 8.57. The highest BCUT2D eigenvalue weighted by Gasteiger charge is 2.12. The molecule has 1 nitrogen and oxygen atoms in total. The molecule has 0 heterocycles. The fourth-order valence-corrected chi connectivity index (χ4v) is 3.18. The molecular formula is C17H35N. The van der Waals surface area contributed by atoms with Crippen molar-refractivity contribution in [3.05, 3.63) is 0 Å². The van der Waals surface area contributed by atoms with Crippen molar-refractivity contribution in [3.8, 4) is 0 Å². The van der Waals surface area contributed by atoms with E-state index in [9.17, 15) is 0 Å². The molecule has 1 aliphatic carbocycles. The minimum absolute atomic E-state index is 0.915. The van der Waals surface area contributed by atoms with Crippen LogP contribution in [0.5, 0.6) is 0 Å². The van der Waals surface area contributed by atoms with Gasteiger partial charge in [-0.25, -0.2) is 0 Å². The summed E-state index contributed by atoms with van der Waals surface area (Å²) < 4.78 is 0. The Labute approximate surface area is 115 Å². The Kier molecular flexibility index (Phi) is 9.65. The van der Waals surface area contributed by atoms with Crippen LogP contribution in [0.15, 0.2) is 0 Å². The third-order valence-electron chi connectivity index (χ3n) is 4.63. The van der Waals surface area contributed by atoms with Crippen molar-refractivity contribution in [3.63, 3.8) is 0 Å². The van der Waals surface area contributed by atoms with E-state index >= 15 is 0 Å². The van der Waals surface area contributed by atoms with Gasteiger partial charge in [0.15, 0.2) is 0 Å². The van der Waals surface area contributed by atoms with Gasteiger partial charge in [-0.1, -0.05) is 65.2 Å². The molecule has 0 aromatic carbocycles. The summed E-state index contributed by atoms with van der Waals surface area (Å²) in [5, 5.41) is 3.76. The molecule has 1 rings (SSSR count). The van der Waals surface area contributed by atoms with Crippen LogP contribution in [-0.2, 0) is 0 Å². The summed E-state index contributed by atoms with van der Waals surface area (Å²) >= 11 is 0. The molecule has 0 bridgehead atoms. The molecule has 1 saturated carbocycles. The van der Waals surface area contributed by atoms with Gasteiger partial charge in [-0.15, -0.1) is 0 Å². The van der Waals surface area contributed by atoms with E-state index in [1.807, 2.05) is 0 Å². The molecule has 0 radical (unpaired) electrons. The highest BCUT2D eigenvalue weighted by molar-refractivity contribution is 4.68. The van der Waals surface area contributed by atoms with Crippen molar-refractivity contribution in [1.29, 1.82) is 0 Å². The van der Waals surface area contributed by atoms with Gasteiger partial charge in [0.05, 0.1) is 0 Å². The van der Waals surface area contributed by atoms with Crippen molar-refractivity contribution in [2.24, 2.45) is 11.8 Å². The van der Waals surface area contributed by atoms with Crippen LogP contribution in [0.3, 0.4) is 0 Å². The molecule has 0 spiro atoms. The first-order valence-electron chi connectivity index (χ1n) is 8.57. The van der Waals surface area contributed by atoms with Gasteiger partial charge >= 0.3 is 0 Å². The summed E-state index contributed by atoms with van der Waals surface area (Å²) in [7, 11) is 0. The molecule has 1 fully saturated rings. The van der Waals surface area contributed by atoms with Crippen LogP contribution in [0.25, 0.3) is 0 Å². The average molecular weight is 253 g/mol. The fourth-order valence-electron chi connectivity index (χ4n) is 3.18. The zero-order valence-electron chi connectivity index (χ0n) is 12.8. The lowest BCUT2D eigenvalue weighted by Gasteiger charge is -2.22. The summed E-state index contributed by atoms with van der Waals surface area (Å²) in [5.74, 6) is 1.88. The monoisotopic (exact) mass is 253 g/mol. The largest absolute Gasteiger partial charge is 0.316 e. The third kappa shape index (κ3) is 7.41. The highest BCUT2D eigenvalue weighted by atomic mass is 14.9. The molecule has 0 aromatic rings. The predicted octanol–water partition coefficient (Wildman–Crippen LogP) is 5.15. The number of rotatable bonds is 8. The molecule has 0 saturated heterocycles. The quantitative estimate of drug-likeness (QED) is 0.630. The number of nitrogens with one attached hydrogen (secondary N) is 1. The van der Waals surface area contributed by atoms with Gasteiger partial charge < -0.3 is 5.32 Å². The highest BCUT2D eigenvalue weighted by Crippen LogP contribution is 2.21. The number of hydrogen-bond donors (Lipinski definition) is 1. The Morgan fingerprint density at radius 1 is 1.00 bits per heavy atom. The summed E-state index contributed by atoms with van der Waals surface area (Å²) in [6.07, 6.45) is 15.8. The first kappa shape index (κ1) is 16.0. The average Bonchev–Trinajstić information content (AvgIpc) is 2.35. The molecule has 0 aromatic heterocycles.